The van der Waals surface area contributed by atoms with Gasteiger partial charge in [0.2, 0.25) is 11.8 Å². The Kier molecular flexibility index (Phi) is 6.18. The van der Waals surface area contributed by atoms with Gasteiger partial charge in [-0.2, -0.15) is 13.2 Å². The number of carbonyl (C=O) groups is 2. The van der Waals surface area contributed by atoms with E-state index in [0.717, 1.165) is 12.1 Å². The number of rotatable bonds is 5. The van der Waals surface area contributed by atoms with Crippen molar-refractivity contribution in [2.75, 3.05) is 7.05 Å². The van der Waals surface area contributed by atoms with Gasteiger partial charge in [0.1, 0.15) is 6.04 Å². The quantitative estimate of drug-likeness (QED) is 0.902. The van der Waals surface area contributed by atoms with E-state index in [0.29, 0.717) is 5.56 Å². The van der Waals surface area contributed by atoms with Gasteiger partial charge in [-0.1, -0.05) is 26.0 Å². The van der Waals surface area contributed by atoms with Crippen LogP contribution >= 0.6 is 0 Å². The van der Waals surface area contributed by atoms with Crippen LogP contribution < -0.4 is 5.32 Å². The zero-order chi connectivity index (χ0) is 17.8. The number of hydrogen-bond donors (Lipinski definition) is 1. The maximum absolute atomic E-state index is 12.5. The highest BCUT2D eigenvalue weighted by atomic mass is 19.4. The van der Waals surface area contributed by atoms with Gasteiger partial charge in [-0.15, -0.1) is 0 Å². The summed E-state index contributed by atoms with van der Waals surface area (Å²) >= 11 is 0. The molecule has 1 aromatic carbocycles. The van der Waals surface area contributed by atoms with Crippen LogP contribution in [-0.4, -0.2) is 29.8 Å². The number of benzene rings is 1. The van der Waals surface area contributed by atoms with Crippen LogP contribution in [0.15, 0.2) is 24.3 Å². The summed E-state index contributed by atoms with van der Waals surface area (Å²) < 4.78 is 37.6. The van der Waals surface area contributed by atoms with Gasteiger partial charge in [0, 0.05) is 20.5 Å². The molecular formula is C16H21F3N2O2. The molecule has 0 spiro atoms. The van der Waals surface area contributed by atoms with Gasteiger partial charge in [-0.25, -0.2) is 0 Å². The van der Waals surface area contributed by atoms with E-state index in [9.17, 15) is 22.8 Å². The molecule has 0 fully saturated rings. The van der Waals surface area contributed by atoms with E-state index >= 15 is 0 Å². The lowest BCUT2D eigenvalue weighted by Gasteiger charge is -2.26. The molecule has 0 aliphatic heterocycles. The van der Waals surface area contributed by atoms with E-state index in [1.807, 2.05) is 13.8 Å². The van der Waals surface area contributed by atoms with E-state index in [4.69, 9.17) is 0 Å². The van der Waals surface area contributed by atoms with Crippen molar-refractivity contribution >= 4 is 11.8 Å². The average molecular weight is 330 g/mol. The van der Waals surface area contributed by atoms with Gasteiger partial charge in [0.05, 0.1) is 5.56 Å². The molecule has 1 aromatic rings. The second-order valence-electron chi connectivity index (χ2n) is 5.81. The fourth-order valence-corrected chi connectivity index (χ4v) is 2.12. The fourth-order valence-electron chi connectivity index (χ4n) is 2.12. The first-order valence-corrected chi connectivity index (χ1v) is 7.20. The van der Waals surface area contributed by atoms with Crippen LogP contribution in [0.2, 0.25) is 0 Å². The highest BCUT2D eigenvalue weighted by Crippen LogP contribution is 2.29. The summed E-state index contributed by atoms with van der Waals surface area (Å²) in [6.07, 6.45) is -4.38. The molecule has 1 atom stereocenters. The lowest BCUT2D eigenvalue weighted by Crippen LogP contribution is -2.49. The fraction of sp³-hybridized carbons (Fsp3) is 0.500. The molecular weight excluding hydrogens is 309 g/mol. The molecule has 0 saturated carbocycles. The first kappa shape index (κ1) is 19.0. The van der Waals surface area contributed by atoms with Crippen molar-refractivity contribution in [3.63, 3.8) is 0 Å². The van der Waals surface area contributed by atoms with Crippen LogP contribution in [0, 0.1) is 5.92 Å². The molecule has 1 rings (SSSR count). The second kappa shape index (κ2) is 7.48. The van der Waals surface area contributed by atoms with E-state index in [1.54, 1.807) is 7.05 Å². The molecule has 7 heteroatoms. The molecule has 0 heterocycles. The summed E-state index contributed by atoms with van der Waals surface area (Å²) in [6.45, 7) is 5.12. The largest absolute Gasteiger partial charge is 0.416 e. The average Bonchev–Trinajstić information content (AvgIpc) is 2.43. The van der Waals surface area contributed by atoms with Crippen molar-refractivity contribution in [3.05, 3.63) is 35.4 Å². The van der Waals surface area contributed by atoms with Gasteiger partial charge in [0.15, 0.2) is 0 Å². The number of likely N-dealkylation sites (N-methyl/N-ethyl adjacent to an activating group) is 1. The molecule has 128 valence electrons. The zero-order valence-corrected chi connectivity index (χ0v) is 13.6. The maximum Gasteiger partial charge on any atom is 0.416 e. The van der Waals surface area contributed by atoms with Crippen molar-refractivity contribution in [1.29, 1.82) is 0 Å². The van der Waals surface area contributed by atoms with E-state index in [-0.39, 0.29) is 24.3 Å². The van der Waals surface area contributed by atoms with Crippen LogP contribution in [0.5, 0.6) is 0 Å². The summed E-state index contributed by atoms with van der Waals surface area (Å²) in [6, 6.07) is 4.00. The Balaban J connectivity index is 2.79. The third-order valence-corrected chi connectivity index (χ3v) is 3.37. The third kappa shape index (κ3) is 5.58. The van der Waals surface area contributed by atoms with Crippen LogP contribution in [0.25, 0.3) is 0 Å². The molecule has 0 bridgehead atoms. The lowest BCUT2D eigenvalue weighted by molar-refractivity contribution is -0.138. The summed E-state index contributed by atoms with van der Waals surface area (Å²) in [4.78, 5) is 25.0. The standard InChI is InChI=1S/C16H21F3N2O2/c1-10(2)14(20-11(3)22)15(23)21(4)9-12-5-7-13(8-6-12)16(17,18)19/h5-8,10,14H,9H2,1-4H3,(H,20,22)/t14-/m0/s1. The van der Waals surface area contributed by atoms with Crippen LogP contribution in [0.4, 0.5) is 13.2 Å². The number of halogens is 3. The molecule has 0 unspecified atom stereocenters. The maximum atomic E-state index is 12.5. The molecule has 0 radical (unpaired) electrons. The molecule has 0 saturated heterocycles. The van der Waals surface area contributed by atoms with E-state index < -0.39 is 17.8 Å². The Bertz CT molecular complexity index is 553. The minimum atomic E-state index is -4.38. The van der Waals surface area contributed by atoms with Gasteiger partial charge >= 0.3 is 6.18 Å². The lowest BCUT2D eigenvalue weighted by atomic mass is 10.0. The van der Waals surface area contributed by atoms with Gasteiger partial charge in [-0.3, -0.25) is 9.59 Å². The van der Waals surface area contributed by atoms with Crippen molar-refractivity contribution in [2.24, 2.45) is 5.92 Å². The predicted molar refractivity (Wildman–Crippen MR) is 80.4 cm³/mol. The number of nitrogens with zero attached hydrogens (tertiary/aromatic N) is 1. The summed E-state index contributed by atoms with van der Waals surface area (Å²) in [5.74, 6) is -0.684. The number of amides is 2. The van der Waals surface area contributed by atoms with Gasteiger partial charge < -0.3 is 10.2 Å². The summed E-state index contributed by atoms with van der Waals surface area (Å²) in [7, 11) is 1.55. The highest BCUT2D eigenvalue weighted by Gasteiger charge is 2.30. The molecule has 0 aliphatic rings. The Morgan fingerprint density at radius 2 is 1.70 bits per heavy atom. The molecule has 0 aromatic heterocycles. The number of hydrogen-bond acceptors (Lipinski definition) is 2. The molecule has 0 aliphatic carbocycles. The monoisotopic (exact) mass is 330 g/mol. The van der Waals surface area contributed by atoms with Crippen molar-refractivity contribution < 1.29 is 22.8 Å². The second-order valence-corrected chi connectivity index (χ2v) is 5.81. The predicted octanol–water partition coefficient (Wildman–Crippen LogP) is 2.82. The Labute approximate surface area is 133 Å². The minimum Gasteiger partial charge on any atom is -0.344 e. The number of carbonyl (C=O) groups excluding carboxylic acids is 2. The zero-order valence-electron chi connectivity index (χ0n) is 13.6. The van der Waals surface area contributed by atoms with Crippen molar-refractivity contribution in [3.8, 4) is 0 Å². The van der Waals surface area contributed by atoms with Gasteiger partial charge in [0.25, 0.3) is 0 Å². The number of nitrogens with one attached hydrogen (secondary N) is 1. The van der Waals surface area contributed by atoms with E-state index in [2.05, 4.69) is 5.32 Å². The van der Waals surface area contributed by atoms with Crippen LogP contribution in [0.1, 0.15) is 31.9 Å². The molecule has 1 N–H and O–H groups in total. The van der Waals surface area contributed by atoms with Crippen molar-refractivity contribution in [2.45, 2.75) is 39.5 Å². The molecule has 2 amide bonds. The smallest absolute Gasteiger partial charge is 0.344 e. The topological polar surface area (TPSA) is 49.4 Å². The number of alkyl halides is 3. The molecule has 23 heavy (non-hydrogen) atoms. The third-order valence-electron chi connectivity index (χ3n) is 3.37. The Morgan fingerprint density at radius 3 is 2.09 bits per heavy atom. The normalized spacial score (nSPS) is 12.9. The highest BCUT2D eigenvalue weighted by molar-refractivity contribution is 5.86. The van der Waals surface area contributed by atoms with Crippen molar-refractivity contribution in [1.82, 2.24) is 10.2 Å². The van der Waals surface area contributed by atoms with Gasteiger partial charge in [-0.05, 0) is 23.6 Å². The van der Waals surface area contributed by atoms with E-state index in [1.165, 1.54) is 24.0 Å². The summed E-state index contributed by atoms with van der Waals surface area (Å²) in [5.41, 5.74) is -0.146. The first-order chi connectivity index (χ1) is 10.5. The first-order valence-electron chi connectivity index (χ1n) is 7.20. The SMILES string of the molecule is CC(=O)N[C@H](C(=O)N(C)Cc1ccc(C(F)(F)F)cc1)C(C)C. The Hall–Kier alpha value is -2.05. The van der Waals surface area contributed by atoms with Crippen LogP contribution in [0.3, 0.4) is 0 Å². The molecule has 4 nitrogen and oxygen atoms in total. The minimum absolute atomic E-state index is 0.0959. The Morgan fingerprint density at radius 1 is 1.17 bits per heavy atom. The summed E-state index contributed by atoms with van der Waals surface area (Å²) in [5, 5.41) is 2.60. The van der Waals surface area contributed by atoms with Crippen LogP contribution in [-0.2, 0) is 22.3 Å².